The van der Waals surface area contributed by atoms with Gasteiger partial charge in [0.1, 0.15) is 0 Å². The van der Waals surface area contributed by atoms with Crippen molar-refractivity contribution >= 4 is 38.9 Å². The van der Waals surface area contributed by atoms with Crippen LogP contribution in [0.3, 0.4) is 0 Å². The van der Waals surface area contributed by atoms with Crippen LogP contribution in [0.5, 0.6) is 0 Å². The Morgan fingerprint density at radius 3 is 2.89 bits per heavy atom. The third-order valence-electron chi connectivity index (χ3n) is 2.67. The van der Waals surface area contributed by atoms with Crippen molar-refractivity contribution in [3.05, 3.63) is 50.1 Å². The average Bonchev–Trinajstić information content (AvgIpc) is 2.73. The van der Waals surface area contributed by atoms with Crippen LogP contribution in [0, 0.1) is 6.92 Å². The van der Waals surface area contributed by atoms with E-state index in [0.29, 0.717) is 12.1 Å². The molecule has 18 heavy (non-hydrogen) atoms. The highest BCUT2D eigenvalue weighted by Crippen LogP contribution is 2.23. The van der Waals surface area contributed by atoms with Crippen LogP contribution in [0.1, 0.15) is 21.5 Å². The van der Waals surface area contributed by atoms with Gasteiger partial charge in [-0.05, 0) is 57.6 Å². The summed E-state index contributed by atoms with van der Waals surface area (Å²) >= 11 is 5.05. The van der Waals surface area contributed by atoms with E-state index in [2.05, 4.69) is 26.6 Å². The molecule has 0 fully saturated rings. The van der Waals surface area contributed by atoms with Crippen molar-refractivity contribution in [1.82, 2.24) is 0 Å². The summed E-state index contributed by atoms with van der Waals surface area (Å²) in [6.45, 7) is 2.50. The zero-order valence-electron chi connectivity index (χ0n) is 9.74. The quantitative estimate of drug-likeness (QED) is 0.888. The van der Waals surface area contributed by atoms with E-state index in [9.17, 15) is 4.79 Å². The zero-order chi connectivity index (χ0) is 13.1. The molecule has 2 aromatic rings. The van der Waals surface area contributed by atoms with Crippen LogP contribution in [0.2, 0.25) is 0 Å². The Morgan fingerprint density at radius 1 is 1.50 bits per heavy atom. The Kier molecular flexibility index (Phi) is 4.04. The van der Waals surface area contributed by atoms with Crippen LogP contribution in [-0.4, -0.2) is 11.1 Å². The van der Waals surface area contributed by atoms with Crippen LogP contribution in [-0.2, 0) is 6.54 Å². The van der Waals surface area contributed by atoms with Gasteiger partial charge in [0.2, 0.25) is 0 Å². The molecule has 94 valence electrons. The number of carboxylic acids is 1. The maximum absolute atomic E-state index is 11.0. The SMILES string of the molecule is Cc1c(NCc2csc(Br)c2)cccc1C(=O)O. The highest BCUT2D eigenvalue weighted by Gasteiger charge is 2.09. The van der Waals surface area contributed by atoms with Gasteiger partial charge in [-0.2, -0.15) is 0 Å². The molecule has 1 aromatic heterocycles. The number of carboxylic acid groups (broad SMARTS) is 1. The van der Waals surface area contributed by atoms with Crippen LogP contribution < -0.4 is 5.32 Å². The van der Waals surface area contributed by atoms with Crippen molar-refractivity contribution < 1.29 is 9.90 Å². The predicted molar refractivity (Wildman–Crippen MR) is 77.5 cm³/mol. The number of halogens is 1. The molecule has 1 aromatic carbocycles. The first-order chi connectivity index (χ1) is 8.58. The van der Waals surface area contributed by atoms with E-state index in [4.69, 9.17) is 5.11 Å². The number of anilines is 1. The van der Waals surface area contributed by atoms with E-state index in [1.54, 1.807) is 23.5 Å². The molecule has 0 bridgehead atoms. The molecule has 0 atom stereocenters. The molecule has 0 saturated heterocycles. The number of nitrogens with one attached hydrogen (secondary N) is 1. The maximum atomic E-state index is 11.0. The Labute approximate surface area is 118 Å². The zero-order valence-corrected chi connectivity index (χ0v) is 12.1. The third kappa shape index (κ3) is 2.91. The summed E-state index contributed by atoms with van der Waals surface area (Å²) in [7, 11) is 0. The van der Waals surface area contributed by atoms with Crippen LogP contribution in [0.15, 0.2) is 33.4 Å². The molecule has 0 aliphatic rings. The maximum Gasteiger partial charge on any atom is 0.336 e. The molecule has 0 aliphatic heterocycles. The number of aromatic carboxylic acids is 1. The van der Waals surface area contributed by atoms with Gasteiger partial charge in [0, 0.05) is 12.2 Å². The van der Waals surface area contributed by atoms with Gasteiger partial charge in [-0.15, -0.1) is 11.3 Å². The van der Waals surface area contributed by atoms with Gasteiger partial charge in [-0.25, -0.2) is 4.79 Å². The molecule has 0 saturated carbocycles. The van der Waals surface area contributed by atoms with Gasteiger partial charge in [-0.3, -0.25) is 0 Å². The Morgan fingerprint density at radius 2 is 2.28 bits per heavy atom. The van der Waals surface area contributed by atoms with Gasteiger partial charge in [-0.1, -0.05) is 6.07 Å². The molecule has 0 amide bonds. The fraction of sp³-hybridized carbons (Fsp3) is 0.154. The van der Waals surface area contributed by atoms with Crippen molar-refractivity contribution in [2.45, 2.75) is 13.5 Å². The lowest BCUT2D eigenvalue weighted by Crippen LogP contribution is -2.05. The lowest BCUT2D eigenvalue weighted by molar-refractivity contribution is 0.0696. The molecule has 0 unspecified atom stereocenters. The van der Waals surface area contributed by atoms with E-state index in [1.807, 2.05) is 19.1 Å². The summed E-state index contributed by atoms with van der Waals surface area (Å²) in [5, 5.41) is 14.4. The Hall–Kier alpha value is -1.33. The first-order valence-electron chi connectivity index (χ1n) is 5.37. The summed E-state index contributed by atoms with van der Waals surface area (Å²) in [5.41, 5.74) is 3.13. The smallest absolute Gasteiger partial charge is 0.336 e. The molecule has 0 aliphatic carbocycles. The number of hydrogen-bond acceptors (Lipinski definition) is 3. The molecule has 2 N–H and O–H groups in total. The second kappa shape index (κ2) is 5.54. The number of benzene rings is 1. The summed E-state index contributed by atoms with van der Waals surface area (Å²) in [6.07, 6.45) is 0. The number of carbonyl (C=O) groups is 1. The van der Waals surface area contributed by atoms with Gasteiger partial charge in [0.05, 0.1) is 9.35 Å². The molecule has 1 heterocycles. The average molecular weight is 326 g/mol. The number of hydrogen-bond donors (Lipinski definition) is 2. The first kappa shape index (κ1) is 13.1. The lowest BCUT2D eigenvalue weighted by Gasteiger charge is -2.10. The third-order valence-corrected chi connectivity index (χ3v) is 4.22. The van der Waals surface area contributed by atoms with Gasteiger partial charge in [0.25, 0.3) is 0 Å². The summed E-state index contributed by atoms with van der Waals surface area (Å²) in [6, 6.07) is 7.31. The fourth-order valence-corrected chi connectivity index (χ4v) is 2.90. The fourth-order valence-electron chi connectivity index (χ4n) is 1.69. The molecule has 0 spiro atoms. The molecular formula is C13H12BrNO2S. The van der Waals surface area contributed by atoms with Crippen molar-refractivity contribution in [2.75, 3.05) is 5.32 Å². The standard InChI is InChI=1S/C13H12BrNO2S/c1-8-10(13(16)17)3-2-4-11(8)15-6-9-5-12(14)18-7-9/h2-5,7,15H,6H2,1H3,(H,16,17). The second-order valence-electron chi connectivity index (χ2n) is 3.90. The minimum absolute atomic E-state index is 0.339. The summed E-state index contributed by atoms with van der Waals surface area (Å²) < 4.78 is 1.09. The van der Waals surface area contributed by atoms with E-state index in [-0.39, 0.29) is 0 Å². The van der Waals surface area contributed by atoms with Crippen molar-refractivity contribution in [1.29, 1.82) is 0 Å². The highest BCUT2D eigenvalue weighted by atomic mass is 79.9. The molecule has 0 radical (unpaired) electrons. The minimum Gasteiger partial charge on any atom is -0.478 e. The van der Waals surface area contributed by atoms with E-state index >= 15 is 0 Å². The summed E-state index contributed by atoms with van der Waals surface area (Å²) in [4.78, 5) is 11.0. The predicted octanol–water partition coefficient (Wildman–Crippen LogP) is 4.13. The van der Waals surface area contributed by atoms with E-state index in [0.717, 1.165) is 15.0 Å². The molecule has 5 heteroatoms. The van der Waals surface area contributed by atoms with Gasteiger partial charge < -0.3 is 10.4 Å². The summed E-state index contributed by atoms with van der Waals surface area (Å²) in [5.74, 6) is -0.894. The molecule has 3 nitrogen and oxygen atoms in total. The first-order valence-corrected chi connectivity index (χ1v) is 7.05. The van der Waals surface area contributed by atoms with Gasteiger partial charge in [0.15, 0.2) is 0 Å². The van der Waals surface area contributed by atoms with E-state index < -0.39 is 5.97 Å². The number of rotatable bonds is 4. The van der Waals surface area contributed by atoms with Gasteiger partial charge >= 0.3 is 5.97 Å². The normalized spacial score (nSPS) is 10.3. The Balaban J connectivity index is 2.14. The van der Waals surface area contributed by atoms with Crippen molar-refractivity contribution in [3.63, 3.8) is 0 Å². The van der Waals surface area contributed by atoms with Crippen LogP contribution in [0.4, 0.5) is 5.69 Å². The van der Waals surface area contributed by atoms with Crippen molar-refractivity contribution in [2.24, 2.45) is 0 Å². The minimum atomic E-state index is -0.894. The highest BCUT2D eigenvalue weighted by molar-refractivity contribution is 9.11. The van der Waals surface area contributed by atoms with Crippen LogP contribution >= 0.6 is 27.3 Å². The molecule has 2 rings (SSSR count). The molecular weight excluding hydrogens is 314 g/mol. The Bertz CT molecular complexity index is 580. The largest absolute Gasteiger partial charge is 0.478 e. The van der Waals surface area contributed by atoms with Crippen LogP contribution in [0.25, 0.3) is 0 Å². The van der Waals surface area contributed by atoms with Crippen molar-refractivity contribution in [3.8, 4) is 0 Å². The topological polar surface area (TPSA) is 49.3 Å². The lowest BCUT2D eigenvalue weighted by atomic mass is 10.1. The monoisotopic (exact) mass is 325 g/mol. The number of thiophene rings is 1. The van der Waals surface area contributed by atoms with E-state index in [1.165, 1.54) is 5.56 Å². The second-order valence-corrected chi connectivity index (χ2v) is 6.19.